The molecule has 2 aromatic carbocycles. The smallest absolute Gasteiger partial charge is 0.350 e. The monoisotopic (exact) mass is 569 g/mol. The van der Waals surface area contributed by atoms with Gasteiger partial charge in [-0.3, -0.25) is 4.18 Å². The molecule has 0 amide bonds. The number of aromatic nitrogens is 3. The van der Waals surface area contributed by atoms with Gasteiger partial charge in [-0.2, -0.15) is 22.3 Å². The van der Waals surface area contributed by atoms with Gasteiger partial charge in [-0.25, -0.2) is 31.6 Å². The first-order valence-corrected chi connectivity index (χ1v) is 12.4. The average Bonchev–Trinajstić information content (AvgIpc) is 3.21. The molecule has 1 aromatic heterocycles. The SMILES string of the molecule is C[C@@H](n1ncn(-c2ccc(OCC(F)(F)C(F)F)cc2)c1=O)[C@@](O)(COS(C)(=O)=O)c1ccc(F)cc1F. The summed E-state index contributed by atoms with van der Waals surface area (Å²) < 4.78 is 113. The zero-order valence-corrected chi connectivity index (χ0v) is 20.5. The fraction of sp³-hybridized carbons (Fsp3) is 0.364. The summed E-state index contributed by atoms with van der Waals surface area (Å²) >= 11 is 0. The van der Waals surface area contributed by atoms with Crippen LogP contribution in [0.4, 0.5) is 26.3 Å². The third-order valence-corrected chi connectivity index (χ3v) is 6.05. The third kappa shape index (κ3) is 6.36. The van der Waals surface area contributed by atoms with Crippen molar-refractivity contribution in [3.8, 4) is 11.4 Å². The molecule has 1 N–H and O–H groups in total. The maximum Gasteiger partial charge on any atom is 0.350 e. The van der Waals surface area contributed by atoms with Gasteiger partial charge in [-0.05, 0) is 37.3 Å². The molecule has 0 spiro atoms. The van der Waals surface area contributed by atoms with E-state index in [4.69, 9.17) is 0 Å². The van der Waals surface area contributed by atoms with E-state index in [9.17, 15) is 44.7 Å². The summed E-state index contributed by atoms with van der Waals surface area (Å²) in [5, 5.41) is 15.2. The summed E-state index contributed by atoms with van der Waals surface area (Å²) in [6.07, 6.45) is -2.24. The number of ether oxygens (including phenoxy) is 1. The molecule has 16 heteroatoms. The highest BCUT2D eigenvalue weighted by Gasteiger charge is 2.43. The zero-order valence-electron chi connectivity index (χ0n) is 19.7. The van der Waals surface area contributed by atoms with Crippen LogP contribution in [0.1, 0.15) is 18.5 Å². The van der Waals surface area contributed by atoms with Gasteiger partial charge in [0, 0.05) is 11.6 Å². The van der Waals surface area contributed by atoms with Crippen LogP contribution < -0.4 is 10.4 Å². The Kier molecular flexibility index (Phi) is 8.28. The second kappa shape index (κ2) is 10.8. The van der Waals surface area contributed by atoms with Gasteiger partial charge in [-0.1, -0.05) is 6.07 Å². The summed E-state index contributed by atoms with van der Waals surface area (Å²) in [6, 6.07) is 5.39. The molecule has 0 fully saturated rings. The van der Waals surface area contributed by atoms with E-state index in [1.54, 1.807) is 0 Å². The largest absolute Gasteiger partial charge is 0.487 e. The van der Waals surface area contributed by atoms with Crippen LogP contribution in [0.15, 0.2) is 53.6 Å². The van der Waals surface area contributed by atoms with Gasteiger partial charge in [0.2, 0.25) is 0 Å². The number of benzene rings is 2. The zero-order chi connectivity index (χ0) is 28.5. The molecule has 38 heavy (non-hydrogen) atoms. The average molecular weight is 569 g/mol. The molecular formula is C22H21F6N3O6S. The van der Waals surface area contributed by atoms with Gasteiger partial charge in [-0.15, -0.1) is 0 Å². The molecule has 0 aliphatic carbocycles. The van der Waals surface area contributed by atoms with E-state index in [2.05, 4.69) is 14.0 Å². The van der Waals surface area contributed by atoms with Gasteiger partial charge >= 0.3 is 18.0 Å². The summed E-state index contributed by atoms with van der Waals surface area (Å²) in [7, 11) is -4.14. The number of hydrogen-bond acceptors (Lipinski definition) is 7. The van der Waals surface area contributed by atoms with Crippen molar-refractivity contribution in [1.29, 1.82) is 0 Å². The molecule has 0 radical (unpaired) electrons. The number of halogens is 6. The lowest BCUT2D eigenvalue weighted by molar-refractivity contribution is -0.148. The van der Waals surface area contributed by atoms with E-state index in [0.29, 0.717) is 17.0 Å². The predicted octanol–water partition coefficient (Wildman–Crippen LogP) is 3.02. The highest BCUT2D eigenvalue weighted by molar-refractivity contribution is 7.85. The fourth-order valence-corrected chi connectivity index (χ4v) is 3.76. The Morgan fingerprint density at radius 1 is 1.08 bits per heavy atom. The summed E-state index contributed by atoms with van der Waals surface area (Å²) in [5.41, 5.74) is -3.89. The van der Waals surface area contributed by atoms with Crippen LogP contribution in [-0.2, 0) is 19.9 Å². The lowest BCUT2D eigenvalue weighted by Crippen LogP contribution is -2.44. The second-order valence-electron chi connectivity index (χ2n) is 8.26. The van der Waals surface area contributed by atoms with Crippen LogP contribution in [0.5, 0.6) is 5.75 Å². The number of alkyl halides is 4. The molecule has 3 rings (SSSR count). The Morgan fingerprint density at radius 2 is 1.71 bits per heavy atom. The van der Waals surface area contributed by atoms with Crippen LogP contribution >= 0.6 is 0 Å². The Hall–Kier alpha value is -3.37. The van der Waals surface area contributed by atoms with Crippen molar-refractivity contribution in [3.63, 3.8) is 0 Å². The van der Waals surface area contributed by atoms with Crippen molar-refractivity contribution in [2.45, 2.75) is 30.9 Å². The predicted molar refractivity (Wildman–Crippen MR) is 120 cm³/mol. The molecule has 3 aromatic rings. The first kappa shape index (κ1) is 29.2. The minimum atomic E-state index is -4.37. The molecule has 208 valence electrons. The Balaban J connectivity index is 1.93. The lowest BCUT2D eigenvalue weighted by atomic mass is 9.87. The van der Waals surface area contributed by atoms with E-state index >= 15 is 0 Å². The van der Waals surface area contributed by atoms with E-state index in [0.717, 1.165) is 35.2 Å². The Bertz CT molecular complexity index is 1440. The van der Waals surface area contributed by atoms with Crippen molar-refractivity contribution in [1.82, 2.24) is 14.3 Å². The van der Waals surface area contributed by atoms with E-state index in [1.807, 2.05) is 0 Å². The maximum absolute atomic E-state index is 14.6. The summed E-state index contributed by atoms with van der Waals surface area (Å²) in [6.45, 7) is -1.41. The molecule has 0 saturated heterocycles. The van der Waals surface area contributed by atoms with Crippen molar-refractivity contribution in [2.75, 3.05) is 19.5 Å². The quantitative estimate of drug-likeness (QED) is 0.279. The number of hydrogen-bond donors (Lipinski definition) is 1. The van der Waals surface area contributed by atoms with Crippen molar-refractivity contribution in [2.24, 2.45) is 0 Å². The van der Waals surface area contributed by atoms with Crippen LogP contribution in [0.3, 0.4) is 0 Å². The van der Waals surface area contributed by atoms with Gasteiger partial charge in [0.25, 0.3) is 10.1 Å². The van der Waals surface area contributed by atoms with Gasteiger partial charge in [0.15, 0.2) is 6.61 Å². The molecule has 2 atom stereocenters. The molecule has 0 aliphatic rings. The summed E-state index contributed by atoms with van der Waals surface area (Å²) in [5.74, 6) is -6.77. The minimum Gasteiger partial charge on any atom is -0.487 e. The normalized spacial score (nSPS) is 14.9. The minimum absolute atomic E-state index is 0.116. The Morgan fingerprint density at radius 3 is 2.26 bits per heavy atom. The van der Waals surface area contributed by atoms with Crippen molar-refractivity contribution >= 4 is 10.1 Å². The van der Waals surface area contributed by atoms with Crippen molar-refractivity contribution < 1.29 is 48.8 Å². The van der Waals surface area contributed by atoms with E-state index in [-0.39, 0.29) is 11.4 Å². The molecule has 0 aliphatic heterocycles. The second-order valence-corrected chi connectivity index (χ2v) is 9.91. The molecule has 9 nitrogen and oxygen atoms in total. The maximum atomic E-state index is 14.6. The van der Waals surface area contributed by atoms with Crippen LogP contribution in [-0.4, -0.2) is 59.7 Å². The molecule has 0 unspecified atom stereocenters. The highest BCUT2D eigenvalue weighted by atomic mass is 32.2. The number of aliphatic hydroxyl groups is 1. The standard InChI is InChI=1S/C22H21F6N3O6S/c1-13(21(33,10-37-38(2,34)35)17-8-3-14(23)9-18(17)24)31-20(32)30(12-29-31)15-4-6-16(7-5-15)36-11-22(27,28)19(25)26/h3-9,12-13,19,33H,10-11H2,1-2H3/t13-,21+/m1/s1. The molecule has 0 saturated carbocycles. The third-order valence-electron chi connectivity index (χ3n) is 5.51. The van der Waals surface area contributed by atoms with Crippen LogP contribution in [0, 0.1) is 11.6 Å². The van der Waals surface area contributed by atoms with Gasteiger partial charge in [0.05, 0.1) is 18.0 Å². The van der Waals surface area contributed by atoms with Crippen molar-refractivity contribution in [3.05, 3.63) is 76.5 Å². The topological polar surface area (TPSA) is 113 Å². The molecule has 0 bridgehead atoms. The number of rotatable bonds is 11. The van der Waals surface area contributed by atoms with E-state index < -0.39 is 70.2 Å². The highest BCUT2D eigenvalue weighted by Crippen LogP contribution is 2.35. The van der Waals surface area contributed by atoms with E-state index in [1.165, 1.54) is 19.1 Å². The molecular weight excluding hydrogens is 548 g/mol. The van der Waals surface area contributed by atoms with Crippen LogP contribution in [0.25, 0.3) is 5.69 Å². The van der Waals surface area contributed by atoms with Crippen LogP contribution in [0.2, 0.25) is 0 Å². The Labute approximate surface area is 212 Å². The first-order chi connectivity index (χ1) is 17.5. The number of nitrogens with zero attached hydrogens (tertiary/aromatic N) is 3. The first-order valence-electron chi connectivity index (χ1n) is 10.6. The van der Waals surface area contributed by atoms with Gasteiger partial charge in [0.1, 0.15) is 35.9 Å². The fourth-order valence-electron chi connectivity index (χ4n) is 3.37. The van der Waals surface area contributed by atoms with Gasteiger partial charge < -0.3 is 9.84 Å². The molecule has 1 heterocycles. The summed E-state index contributed by atoms with van der Waals surface area (Å²) in [4.78, 5) is 13.1. The lowest BCUT2D eigenvalue weighted by Gasteiger charge is -2.33.